The smallest absolute Gasteiger partial charge is 0.322 e. The molecule has 1 aromatic carbocycles. The number of halogens is 1. The molecule has 0 bridgehead atoms. The third-order valence-electron chi connectivity index (χ3n) is 3.03. The first kappa shape index (κ1) is 18.0. The Kier molecular flexibility index (Phi) is 5.89. The Labute approximate surface area is 149 Å². The molecule has 0 aliphatic carbocycles. The molecular weight excluding hydrogens is 352 g/mol. The van der Waals surface area contributed by atoms with Crippen LogP contribution in [0.15, 0.2) is 40.6 Å². The van der Waals surface area contributed by atoms with Gasteiger partial charge in [0.2, 0.25) is 5.78 Å². The van der Waals surface area contributed by atoms with Crippen LogP contribution >= 0.6 is 34.7 Å². The van der Waals surface area contributed by atoms with Crippen molar-refractivity contribution < 1.29 is 14.3 Å². The average molecular weight is 369 g/mol. The third-order valence-corrected chi connectivity index (χ3v) is 5.68. The van der Waals surface area contributed by atoms with Gasteiger partial charge in [-0.25, -0.2) is 0 Å². The van der Waals surface area contributed by atoms with Crippen LogP contribution in [0.5, 0.6) is 0 Å². The fourth-order valence-corrected chi connectivity index (χ4v) is 4.51. The third kappa shape index (κ3) is 4.59. The normalized spacial score (nSPS) is 11.3. The zero-order chi connectivity index (χ0) is 17.0. The van der Waals surface area contributed by atoms with Crippen LogP contribution in [0.3, 0.4) is 0 Å². The molecule has 122 valence electrons. The molecule has 0 amide bonds. The number of ether oxygens (including phenoxy) is 1. The Hall–Kier alpha value is -1.30. The number of thiophene rings is 1. The fourth-order valence-electron chi connectivity index (χ4n) is 1.84. The van der Waals surface area contributed by atoms with Crippen LogP contribution in [-0.4, -0.2) is 23.1 Å². The van der Waals surface area contributed by atoms with Gasteiger partial charge in [0.05, 0.1) is 15.7 Å². The lowest BCUT2D eigenvalue weighted by atomic mass is 10.1. The van der Waals surface area contributed by atoms with Crippen LogP contribution in [0.2, 0.25) is 5.02 Å². The molecule has 0 aliphatic rings. The van der Waals surface area contributed by atoms with E-state index in [4.69, 9.17) is 16.3 Å². The first-order valence-electron chi connectivity index (χ1n) is 7.10. The molecule has 0 fully saturated rings. The maximum Gasteiger partial charge on any atom is 0.322 e. The standard InChI is InChI=1S/C17H17ClO3S2/c1-4-21-16(20)17(2,3)23-14-10-9-13(22-14)15(19)11-5-7-12(18)8-6-11/h5-10H,4H2,1-3H3. The Morgan fingerprint density at radius 3 is 2.43 bits per heavy atom. The summed E-state index contributed by atoms with van der Waals surface area (Å²) in [5, 5.41) is 0.597. The van der Waals surface area contributed by atoms with Crippen molar-refractivity contribution in [1.82, 2.24) is 0 Å². The number of carbonyl (C=O) groups is 2. The molecule has 0 radical (unpaired) electrons. The molecule has 0 spiro atoms. The Morgan fingerprint density at radius 2 is 1.83 bits per heavy atom. The van der Waals surface area contributed by atoms with Crippen LogP contribution in [0.1, 0.15) is 36.0 Å². The second-order valence-corrected chi connectivity index (χ2v) is 8.73. The summed E-state index contributed by atoms with van der Waals surface area (Å²) in [6.45, 7) is 5.77. The van der Waals surface area contributed by atoms with Crippen LogP contribution in [0.25, 0.3) is 0 Å². The van der Waals surface area contributed by atoms with Gasteiger partial charge in [0.25, 0.3) is 0 Å². The molecule has 1 heterocycles. The highest BCUT2D eigenvalue weighted by Crippen LogP contribution is 2.38. The first-order valence-corrected chi connectivity index (χ1v) is 9.11. The molecule has 0 unspecified atom stereocenters. The van der Waals surface area contributed by atoms with E-state index in [9.17, 15) is 9.59 Å². The molecule has 2 rings (SSSR count). The summed E-state index contributed by atoms with van der Waals surface area (Å²) in [5.41, 5.74) is 0.595. The SMILES string of the molecule is CCOC(=O)C(C)(C)Sc1ccc(C(=O)c2ccc(Cl)cc2)s1. The molecule has 1 aromatic heterocycles. The molecular formula is C17H17ClO3S2. The number of benzene rings is 1. The van der Waals surface area contributed by atoms with Crippen LogP contribution in [0.4, 0.5) is 0 Å². The van der Waals surface area contributed by atoms with E-state index in [1.165, 1.54) is 23.1 Å². The van der Waals surface area contributed by atoms with Gasteiger partial charge in [-0.2, -0.15) is 0 Å². The predicted octanol–water partition coefficient (Wildman–Crippen LogP) is 5.07. The number of esters is 1. The number of thioether (sulfide) groups is 1. The lowest BCUT2D eigenvalue weighted by Crippen LogP contribution is -2.29. The zero-order valence-electron chi connectivity index (χ0n) is 13.1. The van der Waals surface area contributed by atoms with E-state index in [0.29, 0.717) is 22.1 Å². The monoisotopic (exact) mass is 368 g/mol. The van der Waals surface area contributed by atoms with Crippen molar-refractivity contribution in [3.05, 3.63) is 51.9 Å². The summed E-state index contributed by atoms with van der Waals surface area (Å²) in [7, 11) is 0. The Morgan fingerprint density at radius 1 is 1.17 bits per heavy atom. The Bertz CT molecular complexity index is 705. The second-order valence-electron chi connectivity index (χ2n) is 5.29. The van der Waals surface area contributed by atoms with Gasteiger partial charge >= 0.3 is 5.97 Å². The topological polar surface area (TPSA) is 43.4 Å². The molecule has 0 N–H and O–H groups in total. The maximum absolute atomic E-state index is 12.4. The van der Waals surface area contributed by atoms with Crippen LogP contribution < -0.4 is 0 Å². The minimum atomic E-state index is -0.693. The molecule has 2 aromatic rings. The van der Waals surface area contributed by atoms with Crippen molar-refractivity contribution >= 4 is 46.5 Å². The van der Waals surface area contributed by atoms with E-state index >= 15 is 0 Å². The largest absolute Gasteiger partial charge is 0.465 e. The van der Waals surface area contributed by atoms with Crippen molar-refractivity contribution in [1.29, 1.82) is 0 Å². The predicted molar refractivity (Wildman–Crippen MR) is 95.8 cm³/mol. The quantitative estimate of drug-likeness (QED) is 0.405. The van der Waals surface area contributed by atoms with Crippen molar-refractivity contribution in [3.8, 4) is 0 Å². The van der Waals surface area contributed by atoms with Gasteiger partial charge in [0.15, 0.2) is 0 Å². The number of ketones is 1. The summed E-state index contributed by atoms with van der Waals surface area (Å²) in [6.07, 6.45) is 0. The van der Waals surface area contributed by atoms with Crippen LogP contribution in [0, 0.1) is 0 Å². The van der Waals surface area contributed by atoms with Crippen molar-refractivity contribution in [2.24, 2.45) is 0 Å². The minimum Gasteiger partial charge on any atom is -0.465 e. The Balaban J connectivity index is 2.13. The van der Waals surface area contributed by atoms with E-state index in [-0.39, 0.29) is 11.8 Å². The van der Waals surface area contributed by atoms with Crippen molar-refractivity contribution in [3.63, 3.8) is 0 Å². The molecule has 0 saturated heterocycles. The van der Waals surface area contributed by atoms with Crippen molar-refractivity contribution in [2.75, 3.05) is 6.61 Å². The summed E-state index contributed by atoms with van der Waals surface area (Å²) in [5.74, 6) is -0.309. The van der Waals surface area contributed by atoms with E-state index in [0.717, 1.165) is 4.21 Å². The molecule has 3 nitrogen and oxygen atoms in total. The number of hydrogen-bond donors (Lipinski definition) is 0. The van der Waals surface area contributed by atoms with Gasteiger partial charge < -0.3 is 4.74 Å². The lowest BCUT2D eigenvalue weighted by Gasteiger charge is -2.20. The van der Waals surface area contributed by atoms with Gasteiger partial charge in [0, 0.05) is 10.6 Å². The van der Waals surface area contributed by atoms with Crippen LogP contribution in [-0.2, 0) is 9.53 Å². The van der Waals surface area contributed by atoms with Crippen molar-refractivity contribution in [2.45, 2.75) is 29.7 Å². The molecule has 6 heteroatoms. The highest BCUT2D eigenvalue weighted by Gasteiger charge is 2.31. The summed E-state index contributed by atoms with van der Waals surface area (Å²) in [6, 6.07) is 10.5. The highest BCUT2D eigenvalue weighted by molar-refractivity contribution is 8.03. The summed E-state index contributed by atoms with van der Waals surface area (Å²) >= 11 is 8.61. The maximum atomic E-state index is 12.4. The lowest BCUT2D eigenvalue weighted by molar-refractivity contribution is -0.145. The number of carbonyl (C=O) groups excluding carboxylic acids is 2. The van der Waals surface area contributed by atoms with Gasteiger partial charge in [-0.3, -0.25) is 9.59 Å². The van der Waals surface area contributed by atoms with E-state index in [1.54, 1.807) is 37.3 Å². The van der Waals surface area contributed by atoms with E-state index < -0.39 is 4.75 Å². The van der Waals surface area contributed by atoms with Gasteiger partial charge in [-0.05, 0) is 57.2 Å². The molecule has 0 saturated carbocycles. The van der Waals surface area contributed by atoms with Gasteiger partial charge in [0.1, 0.15) is 4.75 Å². The van der Waals surface area contributed by atoms with Gasteiger partial charge in [-0.15, -0.1) is 11.3 Å². The fraction of sp³-hybridized carbons (Fsp3) is 0.294. The number of rotatable bonds is 6. The highest BCUT2D eigenvalue weighted by atomic mass is 35.5. The summed E-state index contributed by atoms with van der Waals surface area (Å²) in [4.78, 5) is 25.0. The molecule has 0 aliphatic heterocycles. The molecule has 0 atom stereocenters. The van der Waals surface area contributed by atoms with E-state index in [1.807, 2.05) is 19.9 Å². The summed E-state index contributed by atoms with van der Waals surface area (Å²) < 4.78 is 5.29. The number of hydrogen-bond acceptors (Lipinski definition) is 5. The second kappa shape index (κ2) is 7.51. The van der Waals surface area contributed by atoms with E-state index in [2.05, 4.69) is 0 Å². The molecule has 23 heavy (non-hydrogen) atoms. The van der Waals surface area contributed by atoms with Gasteiger partial charge in [-0.1, -0.05) is 23.4 Å². The zero-order valence-corrected chi connectivity index (χ0v) is 15.5. The first-order chi connectivity index (χ1) is 10.8. The average Bonchev–Trinajstić information content (AvgIpc) is 2.95. The minimum absolute atomic E-state index is 0.0487.